The summed E-state index contributed by atoms with van der Waals surface area (Å²) in [4.78, 5) is 0. The minimum Gasteiger partial charge on any atom is -0.455 e. The van der Waals surface area contributed by atoms with Crippen molar-refractivity contribution in [1.29, 1.82) is 0 Å². The summed E-state index contributed by atoms with van der Waals surface area (Å²) in [7, 11) is 0. The van der Waals surface area contributed by atoms with Crippen LogP contribution in [-0.4, -0.2) is 4.57 Å². The third kappa shape index (κ3) is 3.82. The highest BCUT2D eigenvalue weighted by molar-refractivity contribution is 6.15. The van der Waals surface area contributed by atoms with Crippen LogP contribution < -0.4 is 0 Å². The lowest BCUT2D eigenvalue weighted by Gasteiger charge is -2.10. The van der Waals surface area contributed by atoms with Crippen LogP contribution in [0.15, 0.2) is 168 Å². The molecule has 7 aromatic carbocycles. The standard InChI is InChI=1S/C42H27NO/c1-2-10-30(11-3-1)33-14-9-18-39-41(33)37-13-4-6-17-38(37)43(39)32-26-24-29(25-27-32)28-20-22-31(23-21-28)34-15-8-16-36-35-12-5-7-19-40(35)44-42(34)36/h1-27H. The molecule has 0 atom stereocenters. The molecule has 0 amide bonds. The van der Waals surface area contributed by atoms with Crippen LogP contribution in [0.25, 0.3) is 82.8 Å². The molecular formula is C42H27NO. The Bertz CT molecular complexity index is 2460. The molecule has 0 aliphatic carbocycles. The molecule has 0 saturated heterocycles. The van der Waals surface area contributed by atoms with Gasteiger partial charge in [0.1, 0.15) is 11.2 Å². The number of nitrogens with zero attached hydrogens (tertiary/aromatic N) is 1. The second kappa shape index (κ2) is 9.86. The Morgan fingerprint density at radius 3 is 1.75 bits per heavy atom. The first kappa shape index (κ1) is 24.7. The molecule has 44 heavy (non-hydrogen) atoms. The van der Waals surface area contributed by atoms with Gasteiger partial charge in [-0.2, -0.15) is 0 Å². The van der Waals surface area contributed by atoms with E-state index in [0.717, 1.165) is 38.8 Å². The topological polar surface area (TPSA) is 18.1 Å². The van der Waals surface area contributed by atoms with Gasteiger partial charge < -0.3 is 8.98 Å². The molecule has 2 heterocycles. The molecule has 0 aliphatic heterocycles. The van der Waals surface area contributed by atoms with Gasteiger partial charge in [0.05, 0.1) is 11.0 Å². The molecule has 0 fully saturated rings. The van der Waals surface area contributed by atoms with E-state index in [2.05, 4.69) is 156 Å². The van der Waals surface area contributed by atoms with Crippen LogP contribution in [0.5, 0.6) is 0 Å². The second-order valence-electron chi connectivity index (χ2n) is 11.3. The van der Waals surface area contributed by atoms with E-state index in [4.69, 9.17) is 4.42 Å². The van der Waals surface area contributed by atoms with Gasteiger partial charge in [-0.05, 0) is 58.1 Å². The zero-order chi connectivity index (χ0) is 29.0. The van der Waals surface area contributed by atoms with Crippen LogP contribution in [0.3, 0.4) is 0 Å². The van der Waals surface area contributed by atoms with Crippen molar-refractivity contribution in [3.05, 3.63) is 164 Å². The molecule has 9 aromatic rings. The van der Waals surface area contributed by atoms with E-state index in [1.807, 2.05) is 12.1 Å². The second-order valence-corrected chi connectivity index (χ2v) is 11.3. The minimum absolute atomic E-state index is 0.922. The SMILES string of the molecule is c1ccc(-c2cccc3c2c2ccccc2n3-c2ccc(-c3ccc(-c4cccc5c4oc4ccccc45)cc3)cc2)cc1. The van der Waals surface area contributed by atoms with E-state index in [1.165, 1.54) is 44.1 Å². The molecule has 2 heteroatoms. The fraction of sp³-hybridized carbons (Fsp3) is 0. The van der Waals surface area contributed by atoms with E-state index in [-0.39, 0.29) is 0 Å². The number of hydrogen-bond donors (Lipinski definition) is 0. The van der Waals surface area contributed by atoms with Crippen molar-refractivity contribution in [3.8, 4) is 39.1 Å². The summed E-state index contributed by atoms with van der Waals surface area (Å²) in [6.45, 7) is 0. The van der Waals surface area contributed by atoms with Crippen LogP contribution in [0.4, 0.5) is 0 Å². The lowest BCUT2D eigenvalue weighted by molar-refractivity contribution is 0.670. The molecule has 2 aromatic heterocycles. The summed E-state index contributed by atoms with van der Waals surface area (Å²) in [6, 6.07) is 58.4. The van der Waals surface area contributed by atoms with Gasteiger partial charge >= 0.3 is 0 Å². The quantitative estimate of drug-likeness (QED) is 0.209. The van der Waals surface area contributed by atoms with Gasteiger partial charge in [0.2, 0.25) is 0 Å². The van der Waals surface area contributed by atoms with Crippen molar-refractivity contribution < 1.29 is 4.42 Å². The first-order valence-electron chi connectivity index (χ1n) is 15.0. The Morgan fingerprint density at radius 2 is 0.932 bits per heavy atom. The molecule has 206 valence electrons. The van der Waals surface area contributed by atoms with Gasteiger partial charge in [-0.25, -0.2) is 0 Å². The maximum absolute atomic E-state index is 6.29. The van der Waals surface area contributed by atoms with E-state index in [9.17, 15) is 0 Å². The summed E-state index contributed by atoms with van der Waals surface area (Å²) >= 11 is 0. The molecule has 0 aliphatic rings. The van der Waals surface area contributed by atoms with E-state index < -0.39 is 0 Å². The molecule has 0 bridgehead atoms. The Balaban J connectivity index is 1.10. The zero-order valence-corrected chi connectivity index (χ0v) is 23.9. The number of rotatable bonds is 4. The Kier molecular flexibility index (Phi) is 5.54. The maximum Gasteiger partial charge on any atom is 0.143 e. The highest BCUT2D eigenvalue weighted by Crippen LogP contribution is 2.39. The van der Waals surface area contributed by atoms with Crippen molar-refractivity contribution in [2.45, 2.75) is 0 Å². The first-order valence-corrected chi connectivity index (χ1v) is 15.0. The summed E-state index contributed by atoms with van der Waals surface area (Å²) in [6.07, 6.45) is 0. The number of benzene rings is 7. The third-order valence-electron chi connectivity index (χ3n) is 8.84. The van der Waals surface area contributed by atoms with Crippen molar-refractivity contribution in [3.63, 3.8) is 0 Å². The molecule has 0 radical (unpaired) electrons. The average Bonchev–Trinajstić information content (AvgIpc) is 3.65. The van der Waals surface area contributed by atoms with Gasteiger partial charge in [0, 0.05) is 32.8 Å². The van der Waals surface area contributed by atoms with Crippen molar-refractivity contribution in [2.24, 2.45) is 0 Å². The number of furan rings is 1. The Hall–Kier alpha value is -5.86. The van der Waals surface area contributed by atoms with Crippen LogP contribution in [-0.2, 0) is 0 Å². The molecule has 0 N–H and O–H groups in total. The first-order chi connectivity index (χ1) is 21.8. The molecule has 0 spiro atoms. The summed E-state index contributed by atoms with van der Waals surface area (Å²) in [5, 5.41) is 4.86. The molecule has 0 saturated carbocycles. The summed E-state index contributed by atoms with van der Waals surface area (Å²) < 4.78 is 8.68. The maximum atomic E-state index is 6.29. The molecular weight excluding hydrogens is 534 g/mol. The monoisotopic (exact) mass is 561 g/mol. The highest BCUT2D eigenvalue weighted by atomic mass is 16.3. The fourth-order valence-corrected chi connectivity index (χ4v) is 6.78. The number of aromatic nitrogens is 1. The summed E-state index contributed by atoms with van der Waals surface area (Å²) in [5.74, 6) is 0. The number of fused-ring (bicyclic) bond motifs is 6. The molecule has 2 nitrogen and oxygen atoms in total. The lowest BCUT2D eigenvalue weighted by atomic mass is 9.98. The van der Waals surface area contributed by atoms with Crippen LogP contribution in [0.2, 0.25) is 0 Å². The normalized spacial score (nSPS) is 11.6. The van der Waals surface area contributed by atoms with Gasteiger partial charge in [-0.15, -0.1) is 0 Å². The van der Waals surface area contributed by atoms with Crippen LogP contribution in [0.1, 0.15) is 0 Å². The van der Waals surface area contributed by atoms with Gasteiger partial charge in [-0.3, -0.25) is 0 Å². The Labute approximate surface area is 255 Å². The zero-order valence-electron chi connectivity index (χ0n) is 23.9. The predicted molar refractivity (Wildman–Crippen MR) is 184 cm³/mol. The molecule has 9 rings (SSSR count). The predicted octanol–water partition coefficient (Wildman–Crippen LogP) is 11.7. The Morgan fingerprint density at radius 1 is 0.364 bits per heavy atom. The van der Waals surface area contributed by atoms with Crippen LogP contribution in [0, 0.1) is 0 Å². The largest absolute Gasteiger partial charge is 0.455 e. The van der Waals surface area contributed by atoms with E-state index in [1.54, 1.807) is 0 Å². The van der Waals surface area contributed by atoms with E-state index in [0.29, 0.717) is 0 Å². The van der Waals surface area contributed by atoms with Gasteiger partial charge in [0.15, 0.2) is 0 Å². The fourth-order valence-electron chi connectivity index (χ4n) is 6.78. The third-order valence-corrected chi connectivity index (χ3v) is 8.84. The lowest BCUT2D eigenvalue weighted by Crippen LogP contribution is -1.93. The molecule has 0 unspecified atom stereocenters. The average molecular weight is 562 g/mol. The van der Waals surface area contributed by atoms with Gasteiger partial charge in [-0.1, -0.05) is 133 Å². The minimum atomic E-state index is 0.922. The number of hydrogen-bond acceptors (Lipinski definition) is 1. The van der Waals surface area contributed by atoms with Crippen molar-refractivity contribution in [1.82, 2.24) is 4.57 Å². The van der Waals surface area contributed by atoms with Crippen molar-refractivity contribution in [2.75, 3.05) is 0 Å². The van der Waals surface area contributed by atoms with Gasteiger partial charge in [0.25, 0.3) is 0 Å². The van der Waals surface area contributed by atoms with E-state index >= 15 is 0 Å². The van der Waals surface area contributed by atoms with Crippen LogP contribution >= 0.6 is 0 Å². The summed E-state index contributed by atoms with van der Waals surface area (Å²) in [5.41, 5.74) is 12.6. The highest BCUT2D eigenvalue weighted by Gasteiger charge is 2.16. The van der Waals surface area contributed by atoms with Crippen molar-refractivity contribution >= 4 is 43.7 Å². The smallest absolute Gasteiger partial charge is 0.143 e. The number of para-hydroxylation sites is 3.